The summed E-state index contributed by atoms with van der Waals surface area (Å²) in [5.41, 5.74) is 2.16. The zero-order chi connectivity index (χ0) is 14.5. The Morgan fingerprint density at radius 3 is 2.45 bits per heavy atom. The number of hydrogen-bond donors (Lipinski definition) is 1. The van der Waals surface area contributed by atoms with E-state index in [-0.39, 0.29) is 0 Å². The number of anilines is 1. The predicted molar refractivity (Wildman–Crippen MR) is 81.2 cm³/mol. The minimum absolute atomic E-state index is 0.332. The first-order chi connectivity index (χ1) is 9.61. The van der Waals surface area contributed by atoms with Crippen LogP contribution in [0, 0.1) is 6.92 Å². The second-order valence-corrected chi connectivity index (χ2v) is 5.73. The molecule has 0 spiro atoms. The fourth-order valence-electron chi connectivity index (χ4n) is 1.81. The lowest BCUT2D eigenvalue weighted by molar-refractivity contribution is 0.801. The zero-order valence-electron chi connectivity index (χ0n) is 12.2. The minimum atomic E-state index is 0.332. The maximum atomic E-state index is 4.39. The van der Waals surface area contributed by atoms with Crippen LogP contribution in [0.4, 0.5) is 5.82 Å². The molecule has 2 heterocycles. The number of hydrogen-bond acceptors (Lipinski definition) is 6. The summed E-state index contributed by atoms with van der Waals surface area (Å²) < 4.78 is 0. The summed E-state index contributed by atoms with van der Waals surface area (Å²) in [6.07, 6.45) is 5.22. The lowest BCUT2D eigenvalue weighted by atomic mass is 10.1. The topological polar surface area (TPSA) is 63.6 Å². The molecule has 6 heteroatoms. The van der Waals surface area contributed by atoms with Crippen LogP contribution < -0.4 is 5.32 Å². The third-order valence-corrected chi connectivity index (χ3v) is 3.63. The second kappa shape index (κ2) is 6.65. The first kappa shape index (κ1) is 14.7. The van der Waals surface area contributed by atoms with Gasteiger partial charge in [-0.05, 0) is 37.1 Å². The van der Waals surface area contributed by atoms with E-state index in [9.17, 15) is 0 Å². The van der Waals surface area contributed by atoms with Crippen molar-refractivity contribution < 1.29 is 0 Å². The molecule has 0 saturated heterocycles. The highest BCUT2D eigenvalue weighted by atomic mass is 32.2. The molecule has 2 aromatic rings. The van der Waals surface area contributed by atoms with Gasteiger partial charge in [0.15, 0.2) is 5.16 Å². The summed E-state index contributed by atoms with van der Waals surface area (Å²) in [6.45, 7) is 9.14. The second-order valence-electron chi connectivity index (χ2n) is 4.77. The van der Waals surface area contributed by atoms with Crippen molar-refractivity contribution in [2.24, 2.45) is 0 Å². The van der Waals surface area contributed by atoms with E-state index in [2.05, 4.69) is 46.0 Å². The van der Waals surface area contributed by atoms with Crippen molar-refractivity contribution in [3.05, 3.63) is 29.8 Å². The third kappa shape index (κ3) is 3.45. The van der Waals surface area contributed by atoms with E-state index in [1.54, 1.807) is 6.33 Å². The molecule has 0 radical (unpaired) electrons. The van der Waals surface area contributed by atoms with Crippen molar-refractivity contribution in [1.29, 1.82) is 0 Å². The van der Waals surface area contributed by atoms with Gasteiger partial charge in [0.25, 0.3) is 0 Å². The number of rotatable bonds is 5. The van der Waals surface area contributed by atoms with Crippen LogP contribution in [0.1, 0.15) is 37.8 Å². The average Bonchev–Trinajstić information content (AvgIpc) is 2.41. The lowest BCUT2D eigenvalue weighted by Crippen LogP contribution is -2.07. The Kier molecular flexibility index (Phi) is 4.89. The van der Waals surface area contributed by atoms with Gasteiger partial charge in [0, 0.05) is 24.5 Å². The molecular formula is C14H19N5S. The quantitative estimate of drug-likeness (QED) is 0.673. The monoisotopic (exact) mass is 289 g/mol. The number of nitrogens with zero attached hydrogens (tertiary/aromatic N) is 4. The van der Waals surface area contributed by atoms with Crippen molar-refractivity contribution in [2.45, 2.75) is 43.8 Å². The number of nitrogens with one attached hydrogen (secondary N) is 1. The SMILES string of the molecule is CCNc1ncnc(Sc2ncc(C)cn2)c1C(C)C. The third-order valence-electron chi connectivity index (χ3n) is 2.71. The van der Waals surface area contributed by atoms with E-state index in [0.717, 1.165) is 28.5 Å². The maximum absolute atomic E-state index is 4.39. The Bertz CT molecular complexity index is 568. The van der Waals surface area contributed by atoms with E-state index >= 15 is 0 Å². The summed E-state index contributed by atoms with van der Waals surface area (Å²) in [4.78, 5) is 17.4. The molecule has 20 heavy (non-hydrogen) atoms. The van der Waals surface area contributed by atoms with Crippen LogP contribution in [-0.4, -0.2) is 26.5 Å². The van der Waals surface area contributed by atoms with Gasteiger partial charge in [0.2, 0.25) is 0 Å². The van der Waals surface area contributed by atoms with Gasteiger partial charge in [0.1, 0.15) is 17.2 Å². The Morgan fingerprint density at radius 2 is 1.85 bits per heavy atom. The lowest BCUT2D eigenvalue weighted by Gasteiger charge is -2.15. The van der Waals surface area contributed by atoms with Crippen molar-refractivity contribution in [3.63, 3.8) is 0 Å². The first-order valence-corrected chi connectivity index (χ1v) is 7.48. The van der Waals surface area contributed by atoms with E-state index < -0.39 is 0 Å². The normalized spacial score (nSPS) is 10.8. The van der Waals surface area contributed by atoms with Gasteiger partial charge in [-0.3, -0.25) is 0 Å². The Labute approximate surface area is 123 Å². The molecule has 0 aliphatic heterocycles. The molecule has 2 aromatic heterocycles. The highest BCUT2D eigenvalue weighted by Gasteiger charge is 2.16. The van der Waals surface area contributed by atoms with Crippen LogP contribution in [0.5, 0.6) is 0 Å². The van der Waals surface area contributed by atoms with E-state index in [4.69, 9.17) is 0 Å². The van der Waals surface area contributed by atoms with Gasteiger partial charge in [-0.1, -0.05) is 13.8 Å². The summed E-state index contributed by atoms with van der Waals surface area (Å²) in [6, 6.07) is 0. The van der Waals surface area contributed by atoms with Gasteiger partial charge >= 0.3 is 0 Å². The maximum Gasteiger partial charge on any atom is 0.193 e. The molecule has 0 fully saturated rings. The van der Waals surface area contributed by atoms with Gasteiger partial charge in [-0.2, -0.15) is 0 Å². The van der Waals surface area contributed by atoms with Gasteiger partial charge in [-0.25, -0.2) is 19.9 Å². The van der Waals surface area contributed by atoms with Crippen LogP contribution in [0.2, 0.25) is 0 Å². The highest BCUT2D eigenvalue weighted by Crippen LogP contribution is 2.33. The van der Waals surface area contributed by atoms with E-state index in [0.29, 0.717) is 11.1 Å². The van der Waals surface area contributed by atoms with Gasteiger partial charge in [-0.15, -0.1) is 0 Å². The van der Waals surface area contributed by atoms with Crippen LogP contribution >= 0.6 is 11.8 Å². The summed E-state index contributed by atoms with van der Waals surface area (Å²) in [7, 11) is 0. The Morgan fingerprint density at radius 1 is 1.15 bits per heavy atom. The fraction of sp³-hybridized carbons (Fsp3) is 0.429. The molecule has 0 bridgehead atoms. The number of aromatic nitrogens is 4. The van der Waals surface area contributed by atoms with E-state index in [1.165, 1.54) is 11.8 Å². The zero-order valence-corrected chi connectivity index (χ0v) is 13.0. The van der Waals surface area contributed by atoms with Crippen LogP contribution in [-0.2, 0) is 0 Å². The van der Waals surface area contributed by atoms with Crippen molar-refractivity contribution >= 4 is 17.6 Å². The van der Waals surface area contributed by atoms with Gasteiger partial charge < -0.3 is 5.32 Å². The summed E-state index contributed by atoms with van der Waals surface area (Å²) >= 11 is 1.48. The van der Waals surface area contributed by atoms with E-state index in [1.807, 2.05) is 19.3 Å². The molecule has 0 aromatic carbocycles. The number of aryl methyl sites for hydroxylation is 1. The van der Waals surface area contributed by atoms with Crippen molar-refractivity contribution in [1.82, 2.24) is 19.9 Å². The molecule has 0 atom stereocenters. The fourth-order valence-corrected chi connectivity index (χ4v) is 2.74. The molecule has 5 nitrogen and oxygen atoms in total. The van der Waals surface area contributed by atoms with Crippen LogP contribution in [0.3, 0.4) is 0 Å². The molecule has 2 rings (SSSR count). The van der Waals surface area contributed by atoms with Crippen molar-refractivity contribution in [2.75, 3.05) is 11.9 Å². The minimum Gasteiger partial charge on any atom is -0.370 e. The molecule has 0 amide bonds. The summed E-state index contributed by atoms with van der Waals surface area (Å²) in [5.74, 6) is 1.23. The van der Waals surface area contributed by atoms with Crippen LogP contribution in [0.15, 0.2) is 28.9 Å². The van der Waals surface area contributed by atoms with Crippen molar-refractivity contribution in [3.8, 4) is 0 Å². The molecule has 0 unspecified atom stereocenters. The molecule has 0 aliphatic carbocycles. The highest BCUT2D eigenvalue weighted by molar-refractivity contribution is 7.99. The smallest absolute Gasteiger partial charge is 0.193 e. The van der Waals surface area contributed by atoms with Gasteiger partial charge in [0.05, 0.1) is 0 Å². The largest absolute Gasteiger partial charge is 0.370 e. The Balaban J connectivity index is 2.35. The molecule has 0 saturated carbocycles. The molecule has 0 aliphatic rings. The standard InChI is InChI=1S/C14H19N5S/c1-5-15-12-11(9(2)3)13(19-8-18-12)20-14-16-6-10(4)7-17-14/h6-9H,5H2,1-4H3,(H,15,18,19). The average molecular weight is 289 g/mol. The van der Waals surface area contributed by atoms with Crippen LogP contribution in [0.25, 0.3) is 0 Å². The molecule has 106 valence electrons. The molecule has 1 N–H and O–H groups in total. The molecular weight excluding hydrogens is 270 g/mol. The predicted octanol–water partition coefficient (Wildman–Crippen LogP) is 3.28. The summed E-state index contributed by atoms with van der Waals surface area (Å²) in [5, 5.41) is 4.91. The Hall–Kier alpha value is -1.69. The first-order valence-electron chi connectivity index (χ1n) is 6.67.